The molecule has 0 aliphatic heterocycles. The largest absolute Gasteiger partial charge is 0.299 e. The van der Waals surface area contributed by atoms with Crippen molar-refractivity contribution in [2.24, 2.45) is 27.6 Å². The van der Waals surface area contributed by atoms with E-state index in [-0.39, 0.29) is 5.41 Å². The van der Waals surface area contributed by atoms with Gasteiger partial charge in [0, 0.05) is 16.7 Å². The third-order valence-electron chi connectivity index (χ3n) is 7.58. The lowest BCUT2D eigenvalue weighted by Gasteiger charge is -2.87. The zero-order valence-corrected chi connectivity index (χ0v) is 12.6. The number of Topliss-reactive ketones (excluding diaryl/α,β-unsaturated/α-hetero) is 1. The molecule has 2 spiro atoms. The number of carbonyl (C=O) groups is 1. The number of hydrogen-bond donors (Lipinski definition) is 0. The normalized spacial score (nSPS) is 62.2. The molecular weight excluding hydrogens is 276 g/mol. The van der Waals surface area contributed by atoms with E-state index in [1.807, 2.05) is 0 Å². The van der Waals surface area contributed by atoms with Gasteiger partial charge in [-0.3, -0.25) is 4.79 Å². The van der Waals surface area contributed by atoms with Crippen LogP contribution in [-0.2, 0) is 4.79 Å². The molecule has 94 valence electrons. The van der Waals surface area contributed by atoms with Crippen molar-refractivity contribution in [1.29, 1.82) is 0 Å². The monoisotopic (exact) mass is 296 g/mol. The molecule has 5 saturated carbocycles. The Morgan fingerprint density at radius 2 is 2.00 bits per heavy atom. The molecule has 2 heteroatoms. The summed E-state index contributed by atoms with van der Waals surface area (Å²) in [4.78, 5) is 13.0. The Morgan fingerprint density at radius 3 is 2.65 bits per heavy atom. The zero-order valence-electron chi connectivity index (χ0n) is 11.0. The molecule has 0 amide bonds. The Bertz CT molecular complexity index is 442. The SMILES string of the molecule is CC1(C)[C@H](Br)CC[C@]23C[C@]4(C)C(=O)CC12C[C@H]34. The molecule has 0 aromatic heterocycles. The summed E-state index contributed by atoms with van der Waals surface area (Å²) >= 11 is 3.90. The summed E-state index contributed by atoms with van der Waals surface area (Å²) in [5.74, 6) is 1.31. The summed E-state index contributed by atoms with van der Waals surface area (Å²) in [7, 11) is 0. The second-order valence-corrected chi connectivity index (χ2v) is 9.02. The Morgan fingerprint density at radius 1 is 1.29 bits per heavy atom. The van der Waals surface area contributed by atoms with E-state index in [1.54, 1.807) is 0 Å². The van der Waals surface area contributed by atoms with Crippen LogP contribution < -0.4 is 0 Å². The van der Waals surface area contributed by atoms with Crippen molar-refractivity contribution < 1.29 is 4.79 Å². The van der Waals surface area contributed by atoms with E-state index >= 15 is 0 Å². The van der Waals surface area contributed by atoms with Gasteiger partial charge in [-0.25, -0.2) is 0 Å². The third kappa shape index (κ3) is 0.786. The van der Waals surface area contributed by atoms with Crippen molar-refractivity contribution >= 4 is 21.7 Å². The highest BCUT2D eigenvalue weighted by Crippen LogP contribution is 2.90. The quantitative estimate of drug-likeness (QED) is 0.619. The first-order valence-corrected chi connectivity index (χ1v) is 7.89. The maximum Gasteiger partial charge on any atom is 0.139 e. The molecule has 0 heterocycles. The number of fused-ring (bicyclic) bond motifs is 1. The third-order valence-corrected chi connectivity index (χ3v) is 9.19. The molecule has 0 aromatic carbocycles. The van der Waals surface area contributed by atoms with Gasteiger partial charge >= 0.3 is 0 Å². The van der Waals surface area contributed by atoms with Crippen LogP contribution >= 0.6 is 15.9 Å². The summed E-state index contributed by atoms with van der Waals surface area (Å²) in [5.41, 5.74) is 1.27. The fraction of sp³-hybridized carbons (Fsp3) is 0.933. The van der Waals surface area contributed by atoms with Crippen LogP contribution in [0.25, 0.3) is 0 Å². The Hall–Kier alpha value is 0.150. The maximum atomic E-state index is 12.4. The summed E-state index contributed by atoms with van der Waals surface area (Å²) in [6.07, 6.45) is 6.06. The van der Waals surface area contributed by atoms with Gasteiger partial charge in [0.25, 0.3) is 0 Å². The molecule has 5 rings (SSSR count). The van der Waals surface area contributed by atoms with Crippen molar-refractivity contribution in [3.05, 3.63) is 0 Å². The average Bonchev–Trinajstić information content (AvgIpc) is 2.24. The molecule has 5 aliphatic rings. The molecule has 5 aliphatic carbocycles. The molecule has 0 saturated heterocycles. The molecule has 17 heavy (non-hydrogen) atoms. The fourth-order valence-electron chi connectivity index (χ4n) is 6.42. The number of alkyl halides is 1. The Labute approximate surface area is 112 Å². The summed E-state index contributed by atoms with van der Waals surface area (Å²) in [6, 6.07) is 0. The Kier molecular flexibility index (Phi) is 1.65. The smallest absolute Gasteiger partial charge is 0.139 e. The van der Waals surface area contributed by atoms with E-state index in [1.165, 1.54) is 25.7 Å². The minimum Gasteiger partial charge on any atom is -0.299 e. The van der Waals surface area contributed by atoms with E-state index in [9.17, 15) is 4.79 Å². The highest BCUT2D eigenvalue weighted by molar-refractivity contribution is 9.09. The van der Waals surface area contributed by atoms with Crippen molar-refractivity contribution in [3.8, 4) is 0 Å². The Balaban J connectivity index is 1.86. The minimum atomic E-state index is 0.0803. The predicted octanol–water partition coefficient (Wildman–Crippen LogP) is 3.95. The lowest BCUT2D eigenvalue weighted by atomic mass is 9.16. The van der Waals surface area contributed by atoms with Crippen LogP contribution in [0.1, 0.15) is 52.9 Å². The van der Waals surface area contributed by atoms with E-state index in [4.69, 9.17) is 0 Å². The zero-order chi connectivity index (χ0) is 12.3. The van der Waals surface area contributed by atoms with Crippen molar-refractivity contribution in [1.82, 2.24) is 0 Å². The van der Waals surface area contributed by atoms with Gasteiger partial charge in [-0.2, -0.15) is 0 Å². The van der Waals surface area contributed by atoms with E-state index in [0.29, 0.717) is 26.9 Å². The van der Waals surface area contributed by atoms with Crippen LogP contribution in [0.15, 0.2) is 0 Å². The molecule has 0 aromatic rings. The first-order chi connectivity index (χ1) is 7.80. The molecule has 4 bridgehead atoms. The van der Waals surface area contributed by atoms with E-state index in [2.05, 4.69) is 36.7 Å². The molecule has 1 nitrogen and oxygen atoms in total. The standard InChI is InChI=1S/C15H21BrO/c1-12(2)10(16)4-5-14-8-13(3)9(14)6-15(12,14)7-11(13)17/h9-10H,4-8H2,1-3H3/t9-,10+,13-,14+,15?/m0/s1. The van der Waals surface area contributed by atoms with Gasteiger partial charge in [0.1, 0.15) is 5.78 Å². The van der Waals surface area contributed by atoms with Crippen LogP contribution in [0.4, 0.5) is 0 Å². The number of hydrogen-bond acceptors (Lipinski definition) is 1. The van der Waals surface area contributed by atoms with Crippen LogP contribution in [0.2, 0.25) is 0 Å². The van der Waals surface area contributed by atoms with Gasteiger partial charge < -0.3 is 0 Å². The van der Waals surface area contributed by atoms with Gasteiger partial charge in [0.2, 0.25) is 0 Å². The van der Waals surface area contributed by atoms with Gasteiger partial charge in [-0.05, 0) is 47.8 Å². The van der Waals surface area contributed by atoms with Crippen LogP contribution in [0, 0.1) is 27.6 Å². The summed E-state index contributed by atoms with van der Waals surface area (Å²) in [6.45, 7) is 7.04. The number of ketones is 1. The van der Waals surface area contributed by atoms with E-state index < -0.39 is 0 Å². The summed E-state index contributed by atoms with van der Waals surface area (Å²) in [5, 5.41) is 0. The molecular formula is C15H21BrO. The maximum absolute atomic E-state index is 12.4. The first-order valence-electron chi connectivity index (χ1n) is 6.98. The molecule has 0 N–H and O–H groups in total. The minimum absolute atomic E-state index is 0.0803. The molecule has 5 atom stereocenters. The second-order valence-electron chi connectivity index (χ2n) is 7.92. The van der Waals surface area contributed by atoms with Crippen LogP contribution in [0.3, 0.4) is 0 Å². The first kappa shape index (κ1) is 11.0. The van der Waals surface area contributed by atoms with Crippen molar-refractivity contribution in [3.63, 3.8) is 0 Å². The average molecular weight is 297 g/mol. The highest BCUT2D eigenvalue weighted by Gasteiger charge is 2.86. The van der Waals surface area contributed by atoms with Crippen LogP contribution in [0.5, 0.6) is 0 Å². The highest BCUT2D eigenvalue weighted by atomic mass is 79.9. The topological polar surface area (TPSA) is 17.1 Å². The molecule has 5 fully saturated rings. The van der Waals surface area contributed by atoms with Gasteiger partial charge in [-0.15, -0.1) is 0 Å². The van der Waals surface area contributed by atoms with E-state index in [0.717, 1.165) is 12.3 Å². The number of carbonyl (C=O) groups excluding carboxylic acids is 1. The van der Waals surface area contributed by atoms with Crippen molar-refractivity contribution in [2.45, 2.75) is 57.7 Å². The van der Waals surface area contributed by atoms with Gasteiger partial charge in [0.15, 0.2) is 0 Å². The second kappa shape index (κ2) is 2.55. The van der Waals surface area contributed by atoms with Crippen LogP contribution in [-0.4, -0.2) is 10.6 Å². The lowest BCUT2D eigenvalue weighted by Crippen LogP contribution is -2.84. The lowest BCUT2D eigenvalue weighted by molar-refractivity contribution is -0.360. The summed E-state index contributed by atoms with van der Waals surface area (Å²) < 4.78 is 0. The molecule has 0 radical (unpaired) electrons. The predicted molar refractivity (Wildman–Crippen MR) is 71.1 cm³/mol. The fourth-order valence-corrected chi connectivity index (χ4v) is 7.09. The number of halogens is 1. The van der Waals surface area contributed by atoms with Gasteiger partial charge in [-0.1, -0.05) is 36.7 Å². The van der Waals surface area contributed by atoms with Gasteiger partial charge in [0.05, 0.1) is 0 Å². The number of rotatable bonds is 0. The van der Waals surface area contributed by atoms with Crippen molar-refractivity contribution in [2.75, 3.05) is 0 Å². The molecule has 1 unspecified atom stereocenters.